The van der Waals surface area contributed by atoms with Gasteiger partial charge in [0.2, 0.25) is 0 Å². The molecule has 0 atom stereocenters. The molecule has 0 heterocycles. The molecular formula is C3H5F5. The fraction of sp³-hybridized carbons (Fsp3) is 1.00. The Kier molecular flexibility index (Phi) is 13.0. The molecule has 0 spiro atoms. The van der Waals surface area contributed by atoms with Crippen molar-refractivity contribution < 1.29 is 22.0 Å². The Morgan fingerprint density at radius 2 is 1.00 bits per heavy atom. The third-order valence-corrected chi connectivity index (χ3v) is 0.0714. The fourth-order valence-corrected chi connectivity index (χ4v) is 0. The third kappa shape index (κ3) is 289. The number of hydrogen-bond acceptors (Lipinski definition) is 0. The quantitative estimate of drug-likeness (QED) is 0.484. The molecule has 0 saturated heterocycles. The van der Waals surface area contributed by atoms with Gasteiger partial charge in [-0.2, -0.15) is 13.2 Å². The van der Waals surface area contributed by atoms with Gasteiger partial charge in [0, 0.05) is 0 Å². The van der Waals surface area contributed by atoms with E-state index in [1.165, 1.54) is 0 Å². The van der Waals surface area contributed by atoms with Crippen LogP contribution >= 0.6 is 0 Å². The van der Waals surface area contributed by atoms with Crippen molar-refractivity contribution in [1.29, 1.82) is 0 Å². The van der Waals surface area contributed by atoms with Crippen molar-refractivity contribution in [3.63, 3.8) is 0 Å². The first kappa shape index (κ1) is 10.6. The second kappa shape index (κ2) is 9.82. The largest absolute Gasteiger partial charge is 0.379 e. The molecule has 0 amide bonds. The van der Waals surface area contributed by atoms with Crippen LogP contribution in [0.25, 0.3) is 0 Å². The predicted octanol–water partition coefficient (Wildman–Crippen LogP) is 2.10. The van der Waals surface area contributed by atoms with Crippen molar-refractivity contribution in [1.82, 2.24) is 0 Å². The van der Waals surface area contributed by atoms with Crippen LogP contribution in [0.4, 0.5) is 22.0 Å². The van der Waals surface area contributed by atoms with E-state index in [2.05, 4.69) is 0 Å². The molecule has 0 aliphatic heterocycles. The molecule has 0 rings (SSSR count). The second-order valence-electron chi connectivity index (χ2n) is 0.625. The summed E-state index contributed by atoms with van der Waals surface area (Å²) in [6.07, 6.45) is 0. The van der Waals surface area contributed by atoms with E-state index in [1.54, 1.807) is 0 Å². The summed E-state index contributed by atoms with van der Waals surface area (Å²) in [6, 6.07) is 0. The molecule has 0 radical (unpaired) electrons. The molecule has 0 unspecified atom stereocenters. The summed E-state index contributed by atoms with van der Waals surface area (Å²) >= 11 is 0. The molecular weight excluding hydrogens is 131 g/mol. The van der Waals surface area contributed by atoms with Gasteiger partial charge < -0.3 is 0 Å². The van der Waals surface area contributed by atoms with Gasteiger partial charge in [0.05, 0.1) is 0 Å². The molecule has 0 fully saturated rings. The maximum absolute atomic E-state index is 10.3. The van der Waals surface area contributed by atoms with Gasteiger partial charge in [-0.3, -0.25) is 0 Å². The lowest BCUT2D eigenvalue weighted by molar-refractivity contribution is 0.00819. The van der Waals surface area contributed by atoms with Crippen LogP contribution in [0.3, 0.4) is 0 Å². The van der Waals surface area contributed by atoms with Gasteiger partial charge in [0.25, 0.3) is 0 Å². The highest BCUT2D eigenvalue weighted by Gasteiger charge is 1.86. The number of hydrogen-bond donors (Lipinski definition) is 0. The molecule has 0 aliphatic rings. The molecule has 5 heteroatoms. The Labute approximate surface area is 43.3 Å². The molecule has 0 aromatic rings. The lowest BCUT2D eigenvalue weighted by Crippen LogP contribution is -1.68. The first-order chi connectivity index (χ1) is 3.65. The van der Waals surface area contributed by atoms with Crippen molar-refractivity contribution in [2.75, 3.05) is 13.3 Å². The highest BCUT2D eigenvalue weighted by atomic mass is 19.4. The minimum Gasteiger partial charge on any atom is -0.248 e. The molecule has 52 valence electrons. The SMILES string of the molecule is FC(F)F.FCCF. The zero-order valence-corrected chi connectivity index (χ0v) is 3.88. The lowest BCUT2D eigenvalue weighted by atomic mass is 10.9. The van der Waals surface area contributed by atoms with Crippen LogP contribution in [0.1, 0.15) is 0 Å². The maximum atomic E-state index is 10.3. The van der Waals surface area contributed by atoms with E-state index in [-0.39, 0.29) is 0 Å². The summed E-state index contributed by atoms with van der Waals surface area (Å²) in [6.45, 7) is -5.36. The van der Waals surface area contributed by atoms with Crippen LogP contribution in [0, 0.1) is 0 Å². The molecule has 0 aliphatic carbocycles. The van der Waals surface area contributed by atoms with Crippen molar-refractivity contribution in [2.45, 2.75) is 6.68 Å². The molecule has 0 saturated carbocycles. The molecule has 0 aromatic carbocycles. The normalized spacial score (nSPS) is 8.25. The number of rotatable bonds is 1. The van der Waals surface area contributed by atoms with E-state index in [9.17, 15) is 22.0 Å². The van der Waals surface area contributed by atoms with Crippen LogP contribution in [0.15, 0.2) is 0 Å². The maximum Gasteiger partial charge on any atom is 0.379 e. The summed E-state index contributed by atoms with van der Waals surface area (Å²) in [5.41, 5.74) is 0. The first-order valence-corrected chi connectivity index (χ1v) is 1.69. The third-order valence-electron chi connectivity index (χ3n) is 0.0714. The van der Waals surface area contributed by atoms with E-state index < -0.39 is 20.0 Å². The van der Waals surface area contributed by atoms with Gasteiger partial charge in [-0.25, -0.2) is 8.78 Å². The van der Waals surface area contributed by atoms with Crippen LogP contribution in [0.5, 0.6) is 0 Å². The standard InChI is InChI=1S/C2H4F2.CHF3/c3-1-2-4;2-1(3)4/h1-2H2;1H. The van der Waals surface area contributed by atoms with Gasteiger partial charge >= 0.3 is 6.68 Å². The van der Waals surface area contributed by atoms with E-state index >= 15 is 0 Å². The topological polar surface area (TPSA) is 0 Å². The first-order valence-electron chi connectivity index (χ1n) is 1.69. The Morgan fingerprint density at radius 3 is 1.00 bits per heavy atom. The summed E-state index contributed by atoms with van der Waals surface area (Å²) < 4.78 is 49.7. The Morgan fingerprint density at radius 1 is 0.875 bits per heavy atom. The smallest absolute Gasteiger partial charge is 0.248 e. The summed E-state index contributed by atoms with van der Waals surface area (Å²) in [5.74, 6) is 0. The van der Waals surface area contributed by atoms with E-state index in [0.29, 0.717) is 0 Å². The average Bonchev–Trinajstić information content (AvgIpc) is 1.65. The van der Waals surface area contributed by atoms with Gasteiger partial charge in [0.1, 0.15) is 13.3 Å². The fourth-order valence-electron chi connectivity index (χ4n) is 0. The zero-order valence-electron chi connectivity index (χ0n) is 3.88. The molecule has 8 heavy (non-hydrogen) atoms. The summed E-state index contributed by atoms with van der Waals surface area (Å²) in [4.78, 5) is 0. The van der Waals surface area contributed by atoms with E-state index in [1.807, 2.05) is 0 Å². The van der Waals surface area contributed by atoms with E-state index in [4.69, 9.17) is 0 Å². The van der Waals surface area contributed by atoms with Crippen LogP contribution in [-0.4, -0.2) is 20.0 Å². The van der Waals surface area contributed by atoms with Gasteiger partial charge in [-0.1, -0.05) is 0 Å². The Balaban J connectivity index is 0. The van der Waals surface area contributed by atoms with E-state index in [0.717, 1.165) is 0 Å². The van der Waals surface area contributed by atoms with Gasteiger partial charge in [-0.15, -0.1) is 0 Å². The minimum atomic E-state index is -3.67. The highest BCUT2D eigenvalue weighted by molar-refractivity contribution is 4.09. The highest BCUT2D eigenvalue weighted by Crippen LogP contribution is 1.87. The Bertz CT molecular complexity index is 24.1. The van der Waals surface area contributed by atoms with Crippen molar-refractivity contribution >= 4 is 0 Å². The van der Waals surface area contributed by atoms with Crippen molar-refractivity contribution in [3.05, 3.63) is 0 Å². The second-order valence-corrected chi connectivity index (χ2v) is 0.625. The Hall–Kier alpha value is -0.350. The lowest BCUT2D eigenvalue weighted by Gasteiger charge is -1.65. The predicted molar refractivity (Wildman–Crippen MR) is 19.1 cm³/mol. The van der Waals surface area contributed by atoms with Crippen LogP contribution in [-0.2, 0) is 0 Å². The average molecular weight is 136 g/mol. The molecule has 0 aromatic heterocycles. The van der Waals surface area contributed by atoms with Crippen LogP contribution in [0.2, 0.25) is 0 Å². The summed E-state index contributed by atoms with van der Waals surface area (Å²) in [7, 11) is 0. The molecule has 0 N–H and O–H groups in total. The van der Waals surface area contributed by atoms with Crippen LogP contribution < -0.4 is 0 Å². The monoisotopic (exact) mass is 136 g/mol. The van der Waals surface area contributed by atoms with Gasteiger partial charge in [0.15, 0.2) is 0 Å². The summed E-state index contributed by atoms with van der Waals surface area (Å²) in [5, 5.41) is 0. The van der Waals surface area contributed by atoms with Crippen molar-refractivity contribution in [2.24, 2.45) is 0 Å². The molecule has 0 nitrogen and oxygen atoms in total. The minimum absolute atomic E-state index is 0.847. The molecule has 0 bridgehead atoms. The zero-order chi connectivity index (χ0) is 6.99. The number of halogens is 5. The number of alkyl halides is 5. The van der Waals surface area contributed by atoms with Gasteiger partial charge in [-0.05, 0) is 0 Å². The van der Waals surface area contributed by atoms with Crippen molar-refractivity contribution in [3.8, 4) is 0 Å².